The Labute approximate surface area is 126 Å². The standard InChI is InChI=1S/C17H13F2NO2/c18-13-6-3-4-11(17(13)19)10-20-14-7-2-1-5-12(14)15(21)8-9-16(20)22/h1-7H,8-10H2. The van der Waals surface area contributed by atoms with E-state index in [0.29, 0.717) is 11.3 Å². The molecule has 2 aromatic carbocycles. The second-order valence-corrected chi connectivity index (χ2v) is 5.13. The van der Waals surface area contributed by atoms with Crippen molar-refractivity contribution in [3.63, 3.8) is 0 Å². The third kappa shape index (κ3) is 2.50. The number of anilines is 1. The number of fused-ring (bicyclic) bond motifs is 1. The quantitative estimate of drug-likeness (QED) is 0.851. The molecular weight excluding hydrogens is 288 g/mol. The molecule has 22 heavy (non-hydrogen) atoms. The number of Topliss-reactive ketones (excluding diaryl/α,β-unsaturated/α-hetero) is 1. The van der Waals surface area contributed by atoms with Crippen molar-refractivity contribution in [2.24, 2.45) is 0 Å². The van der Waals surface area contributed by atoms with E-state index in [0.717, 1.165) is 6.07 Å². The number of halogens is 2. The lowest BCUT2D eigenvalue weighted by atomic mass is 10.1. The minimum absolute atomic E-state index is 0.0600. The second kappa shape index (κ2) is 5.67. The van der Waals surface area contributed by atoms with Crippen molar-refractivity contribution in [1.82, 2.24) is 0 Å². The Morgan fingerprint density at radius 2 is 1.73 bits per heavy atom. The first-order chi connectivity index (χ1) is 10.6. The molecule has 5 heteroatoms. The molecule has 1 amide bonds. The molecule has 0 radical (unpaired) electrons. The van der Waals surface area contributed by atoms with E-state index < -0.39 is 11.6 Å². The summed E-state index contributed by atoms with van der Waals surface area (Å²) in [6, 6.07) is 10.6. The van der Waals surface area contributed by atoms with E-state index >= 15 is 0 Å². The molecule has 0 aliphatic carbocycles. The zero-order valence-electron chi connectivity index (χ0n) is 11.7. The minimum Gasteiger partial charge on any atom is -0.307 e. The molecule has 0 unspecified atom stereocenters. The number of ketones is 1. The first-order valence-electron chi connectivity index (χ1n) is 6.93. The summed E-state index contributed by atoms with van der Waals surface area (Å²) in [7, 11) is 0. The highest BCUT2D eigenvalue weighted by Crippen LogP contribution is 2.29. The Morgan fingerprint density at radius 3 is 2.55 bits per heavy atom. The molecule has 0 fully saturated rings. The van der Waals surface area contributed by atoms with Gasteiger partial charge in [-0.3, -0.25) is 9.59 Å². The molecule has 0 saturated heterocycles. The highest BCUT2D eigenvalue weighted by atomic mass is 19.2. The maximum atomic E-state index is 13.9. The summed E-state index contributed by atoms with van der Waals surface area (Å²) in [5, 5.41) is 0. The fourth-order valence-electron chi connectivity index (χ4n) is 2.58. The van der Waals surface area contributed by atoms with E-state index in [1.54, 1.807) is 24.3 Å². The third-order valence-electron chi connectivity index (χ3n) is 3.72. The van der Waals surface area contributed by atoms with Crippen molar-refractivity contribution >= 4 is 17.4 Å². The van der Waals surface area contributed by atoms with E-state index in [9.17, 15) is 18.4 Å². The summed E-state index contributed by atoms with van der Waals surface area (Å²) >= 11 is 0. The summed E-state index contributed by atoms with van der Waals surface area (Å²) in [4.78, 5) is 25.7. The van der Waals surface area contributed by atoms with Crippen molar-refractivity contribution in [3.05, 3.63) is 65.2 Å². The Balaban J connectivity index is 2.04. The summed E-state index contributed by atoms with van der Waals surface area (Å²) in [5.74, 6) is -2.32. The van der Waals surface area contributed by atoms with Crippen molar-refractivity contribution in [2.45, 2.75) is 19.4 Å². The van der Waals surface area contributed by atoms with E-state index in [-0.39, 0.29) is 36.6 Å². The van der Waals surface area contributed by atoms with Crippen LogP contribution in [0.5, 0.6) is 0 Å². The molecular formula is C17H13F2NO2. The molecule has 2 aromatic rings. The zero-order valence-corrected chi connectivity index (χ0v) is 11.7. The van der Waals surface area contributed by atoms with Gasteiger partial charge in [0.15, 0.2) is 17.4 Å². The molecule has 1 aliphatic heterocycles. The van der Waals surface area contributed by atoms with Gasteiger partial charge in [0, 0.05) is 24.0 Å². The molecule has 0 atom stereocenters. The molecule has 3 rings (SSSR count). The molecule has 0 spiro atoms. The van der Waals surface area contributed by atoms with Crippen LogP contribution in [0.15, 0.2) is 42.5 Å². The van der Waals surface area contributed by atoms with E-state index in [1.165, 1.54) is 17.0 Å². The zero-order chi connectivity index (χ0) is 15.7. The number of benzene rings is 2. The van der Waals surface area contributed by atoms with Crippen LogP contribution in [-0.4, -0.2) is 11.7 Å². The van der Waals surface area contributed by atoms with E-state index in [2.05, 4.69) is 0 Å². The number of carbonyl (C=O) groups excluding carboxylic acids is 2. The number of amides is 1. The summed E-state index contributed by atoms with van der Waals surface area (Å²) in [6.07, 6.45) is 0.183. The monoisotopic (exact) mass is 301 g/mol. The van der Waals surface area contributed by atoms with Crippen LogP contribution < -0.4 is 4.90 Å². The first kappa shape index (κ1) is 14.4. The molecule has 1 aliphatic rings. The number of hydrogen-bond donors (Lipinski definition) is 0. The van der Waals surface area contributed by atoms with Crippen molar-refractivity contribution in [3.8, 4) is 0 Å². The number of rotatable bonds is 2. The van der Waals surface area contributed by atoms with Crippen LogP contribution in [0.25, 0.3) is 0 Å². The lowest BCUT2D eigenvalue weighted by molar-refractivity contribution is -0.118. The molecule has 0 N–H and O–H groups in total. The third-order valence-corrected chi connectivity index (χ3v) is 3.72. The maximum absolute atomic E-state index is 13.9. The van der Waals surface area contributed by atoms with Gasteiger partial charge in [0.2, 0.25) is 5.91 Å². The molecule has 0 aromatic heterocycles. The lowest BCUT2D eigenvalue weighted by Gasteiger charge is -2.23. The lowest BCUT2D eigenvalue weighted by Crippen LogP contribution is -2.30. The molecule has 0 bridgehead atoms. The maximum Gasteiger partial charge on any atom is 0.227 e. The predicted octanol–water partition coefficient (Wildman–Crippen LogP) is 3.47. The van der Waals surface area contributed by atoms with Gasteiger partial charge in [-0.15, -0.1) is 0 Å². The van der Waals surface area contributed by atoms with Gasteiger partial charge in [-0.2, -0.15) is 0 Å². The SMILES string of the molecule is O=C1CCC(=O)N(Cc2cccc(F)c2F)c2ccccc21. The Kier molecular flexibility index (Phi) is 3.71. The average molecular weight is 301 g/mol. The van der Waals surface area contributed by atoms with Crippen LogP contribution in [-0.2, 0) is 11.3 Å². The summed E-state index contributed by atoms with van der Waals surface area (Å²) < 4.78 is 27.2. The van der Waals surface area contributed by atoms with Gasteiger partial charge in [0.25, 0.3) is 0 Å². The fourth-order valence-corrected chi connectivity index (χ4v) is 2.58. The molecule has 1 heterocycles. The highest BCUT2D eigenvalue weighted by molar-refractivity contribution is 6.09. The highest BCUT2D eigenvalue weighted by Gasteiger charge is 2.27. The van der Waals surface area contributed by atoms with Crippen molar-refractivity contribution in [1.29, 1.82) is 0 Å². The van der Waals surface area contributed by atoms with Crippen molar-refractivity contribution in [2.75, 3.05) is 4.90 Å². The van der Waals surface area contributed by atoms with E-state index in [4.69, 9.17) is 0 Å². The van der Waals surface area contributed by atoms with Gasteiger partial charge in [0.05, 0.1) is 12.2 Å². The fraction of sp³-hybridized carbons (Fsp3) is 0.176. The smallest absolute Gasteiger partial charge is 0.227 e. The average Bonchev–Trinajstić information content (AvgIpc) is 2.64. The number of nitrogens with zero attached hydrogens (tertiary/aromatic N) is 1. The molecule has 112 valence electrons. The Hall–Kier alpha value is -2.56. The van der Waals surface area contributed by atoms with Gasteiger partial charge in [0.1, 0.15) is 0 Å². The Morgan fingerprint density at radius 1 is 0.955 bits per heavy atom. The largest absolute Gasteiger partial charge is 0.307 e. The topological polar surface area (TPSA) is 37.4 Å². The Bertz CT molecular complexity index is 758. The second-order valence-electron chi connectivity index (χ2n) is 5.13. The normalized spacial score (nSPS) is 14.7. The predicted molar refractivity (Wildman–Crippen MR) is 77.6 cm³/mol. The van der Waals surface area contributed by atoms with Crippen LogP contribution in [0, 0.1) is 11.6 Å². The van der Waals surface area contributed by atoms with Crippen LogP contribution in [0.4, 0.5) is 14.5 Å². The number of para-hydroxylation sites is 1. The molecule has 0 saturated carbocycles. The van der Waals surface area contributed by atoms with Crippen LogP contribution >= 0.6 is 0 Å². The van der Waals surface area contributed by atoms with Gasteiger partial charge >= 0.3 is 0 Å². The minimum atomic E-state index is -0.969. The van der Waals surface area contributed by atoms with Gasteiger partial charge in [-0.05, 0) is 18.2 Å². The van der Waals surface area contributed by atoms with Gasteiger partial charge in [-0.25, -0.2) is 8.78 Å². The van der Waals surface area contributed by atoms with Crippen LogP contribution in [0.1, 0.15) is 28.8 Å². The number of hydrogen-bond acceptors (Lipinski definition) is 2. The van der Waals surface area contributed by atoms with Crippen LogP contribution in [0.3, 0.4) is 0 Å². The summed E-state index contributed by atoms with van der Waals surface area (Å²) in [5.41, 5.74) is 0.960. The molecule has 3 nitrogen and oxygen atoms in total. The van der Waals surface area contributed by atoms with Crippen molar-refractivity contribution < 1.29 is 18.4 Å². The van der Waals surface area contributed by atoms with Gasteiger partial charge in [-0.1, -0.05) is 24.3 Å². The van der Waals surface area contributed by atoms with E-state index in [1.807, 2.05) is 0 Å². The van der Waals surface area contributed by atoms with Gasteiger partial charge < -0.3 is 4.90 Å². The summed E-state index contributed by atoms with van der Waals surface area (Å²) in [6.45, 7) is -0.104. The van der Waals surface area contributed by atoms with Crippen LogP contribution in [0.2, 0.25) is 0 Å². The number of carbonyl (C=O) groups is 2. The first-order valence-corrected chi connectivity index (χ1v) is 6.93.